The van der Waals surface area contributed by atoms with E-state index in [1.807, 2.05) is 12.1 Å². The van der Waals surface area contributed by atoms with Crippen molar-refractivity contribution in [2.24, 2.45) is 0 Å². The van der Waals surface area contributed by atoms with Gasteiger partial charge in [-0.05, 0) is 59.2 Å². The molecule has 1 amide bonds. The number of nitrogens with one attached hydrogen (secondary N) is 1. The lowest BCUT2D eigenvalue weighted by molar-refractivity contribution is -0.118. The van der Waals surface area contributed by atoms with Gasteiger partial charge in [-0.3, -0.25) is 4.79 Å². The van der Waals surface area contributed by atoms with Gasteiger partial charge in [0.1, 0.15) is 0 Å². The van der Waals surface area contributed by atoms with E-state index in [9.17, 15) is 4.79 Å². The van der Waals surface area contributed by atoms with Gasteiger partial charge in [0, 0.05) is 18.5 Å². The summed E-state index contributed by atoms with van der Waals surface area (Å²) >= 11 is 6.19. The second kappa shape index (κ2) is 5.45. The molecule has 104 valence electrons. The van der Waals surface area contributed by atoms with Crippen LogP contribution in [0.1, 0.15) is 36.8 Å². The topological polar surface area (TPSA) is 29.1 Å². The fourth-order valence-corrected chi connectivity index (χ4v) is 2.91. The van der Waals surface area contributed by atoms with Gasteiger partial charge >= 0.3 is 0 Å². The van der Waals surface area contributed by atoms with Gasteiger partial charge in [0.15, 0.2) is 0 Å². The molecule has 2 nitrogen and oxygen atoms in total. The Kier molecular flexibility index (Phi) is 3.66. The number of benzene rings is 2. The Morgan fingerprint density at radius 3 is 2.80 bits per heavy atom. The van der Waals surface area contributed by atoms with Crippen LogP contribution < -0.4 is 5.32 Å². The number of fused-ring (bicyclic) bond motifs is 1. The highest BCUT2D eigenvalue weighted by Crippen LogP contribution is 2.41. The fourth-order valence-electron chi connectivity index (χ4n) is 2.66. The molecule has 0 unspecified atom stereocenters. The number of rotatable bonds is 4. The van der Waals surface area contributed by atoms with E-state index in [1.54, 1.807) is 6.92 Å². The Labute approximate surface area is 124 Å². The Morgan fingerprint density at radius 2 is 2.10 bits per heavy atom. The Hall–Kier alpha value is -1.54. The average molecular weight is 288 g/mol. The first kappa shape index (κ1) is 13.4. The van der Waals surface area contributed by atoms with Crippen LogP contribution in [0.2, 0.25) is 5.02 Å². The molecule has 0 saturated heterocycles. The molecule has 3 rings (SSSR count). The predicted molar refractivity (Wildman–Crippen MR) is 83.3 cm³/mol. The predicted octanol–water partition coefficient (Wildman–Crippen LogP) is 4.05. The van der Waals surface area contributed by atoms with Crippen molar-refractivity contribution in [1.82, 2.24) is 5.32 Å². The summed E-state index contributed by atoms with van der Waals surface area (Å²) in [6.07, 6.45) is 3.42. The third-order valence-electron chi connectivity index (χ3n) is 3.85. The van der Waals surface area contributed by atoms with Gasteiger partial charge < -0.3 is 5.32 Å². The molecule has 2 aromatic rings. The van der Waals surface area contributed by atoms with Crippen LogP contribution in [0.25, 0.3) is 10.8 Å². The Morgan fingerprint density at radius 1 is 1.30 bits per heavy atom. The molecular formula is C17H18ClNO. The summed E-state index contributed by atoms with van der Waals surface area (Å²) in [4.78, 5) is 11.0. The molecule has 0 spiro atoms. The molecule has 1 N–H and O–H groups in total. The van der Waals surface area contributed by atoms with Gasteiger partial charge in [-0.2, -0.15) is 0 Å². The minimum atomic E-state index is 0.00926. The molecule has 1 aliphatic rings. The molecule has 1 fully saturated rings. The summed E-state index contributed by atoms with van der Waals surface area (Å²) < 4.78 is 0. The average Bonchev–Trinajstić information content (AvgIpc) is 3.22. The molecule has 0 aliphatic heterocycles. The number of carbonyl (C=O) groups is 1. The summed E-state index contributed by atoms with van der Waals surface area (Å²) in [5.41, 5.74) is 2.64. The molecule has 2 aromatic carbocycles. The van der Waals surface area contributed by atoms with E-state index in [2.05, 4.69) is 23.5 Å². The van der Waals surface area contributed by atoms with Gasteiger partial charge in [0.2, 0.25) is 5.91 Å². The highest BCUT2D eigenvalue weighted by Gasteiger charge is 2.23. The van der Waals surface area contributed by atoms with Crippen molar-refractivity contribution in [3.63, 3.8) is 0 Å². The maximum Gasteiger partial charge on any atom is 0.216 e. The van der Waals surface area contributed by atoms with Gasteiger partial charge in [-0.25, -0.2) is 0 Å². The number of halogens is 1. The number of carbonyl (C=O) groups excluding carboxylic acids is 1. The van der Waals surface area contributed by atoms with E-state index in [4.69, 9.17) is 11.6 Å². The molecule has 0 atom stereocenters. The standard InChI is InChI=1S/C17H18ClNO/c1-11(20)19-7-6-15-9-16(18)8-14-5-4-13(10-17(14)15)12-2-3-12/h4-5,8-10,12H,2-3,6-7H2,1H3,(H,19,20). The van der Waals surface area contributed by atoms with E-state index in [1.165, 1.54) is 34.7 Å². The summed E-state index contributed by atoms with van der Waals surface area (Å²) in [5.74, 6) is 0.758. The summed E-state index contributed by atoms with van der Waals surface area (Å²) in [7, 11) is 0. The van der Waals surface area contributed by atoms with Crippen molar-refractivity contribution in [3.8, 4) is 0 Å². The van der Waals surface area contributed by atoms with Gasteiger partial charge in [-0.15, -0.1) is 0 Å². The van der Waals surface area contributed by atoms with Crippen molar-refractivity contribution < 1.29 is 4.79 Å². The lowest BCUT2D eigenvalue weighted by Gasteiger charge is -2.10. The van der Waals surface area contributed by atoms with Crippen LogP contribution in [-0.2, 0) is 11.2 Å². The lowest BCUT2D eigenvalue weighted by Crippen LogP contribution is -2.22. The monoisotopic (exact) mass is 287 g/mol. The first-order valence-corrected chi connectivity index (χ1v) is 7.48. The van der Waals surface area contributed by atoms with Crippen LogP contribution in [0.4, 0.5) is 0 Å². The molecule has 0 bridgehead atoms. The molecule has 0 radical (unpaired) electrons. The van der Waals surface area contributed by atoms with E-state index in [0.717, 1.165) is 17.4 Å². The summed E-state index contributed by atoms with van der Waals surface area (Å²) in [6, 6.07) is 10.7. The highest BCUT2D eigenvalue weighted by molar-refractivity contribution is 6.31. The maximum absolute atomic E-state index is 11.0. The largest absolute Gasteiger partial charge is 0.356 e. The van der Waals surface area contributed by atoms with E-state index in [0.29, 0.717) is 6.54 Å². The van der Waals surface area contributed by atoms with Crippen LogP contribution in [-0.4, -0.2) is 12.5 Å². The minimum Gasteiger partial charge on any atom is -0.356 e. The lowest BCUT2D eigenvalue weighted by atomic mass is 9.98. The first-order valence-electron chi connectivity index (χ1n) is 7.10. The number of hydrogen-bond donors (Lipinski definition) is 1. The zero-order valence-electron chi connectivity index (χ0n) is 11.6. The Bertz CT molecular complexity index is 661. The van der Waals surface area contributed by atoms with Gasteiger partial charge in [0.25, 0.3) is 0 Å². The summed E-state index contributed by atoms with van der Waals surface area (Å²) in [6.45, 7) is 2.19. The van der Waals surface area contributed by atoms with Crippen LogP contribution >= 0.6 is 11.6 Å². The normalized spacial score (nSPS) is 14.5. The second-order valence-electron chi connectivity index (χ2n) is 5.55. The quantitative estimate of drug-likeness (QED) is 0.903. The van der Waals surface area contributed by atoms with Gasteiger partial charge in [0.05, 0.1) is 0 Å². The van der Waals surface area contributed by atoms with Crippen LogP contribution in [0.15, 0.2) is 30.3 Å². The minimum absolute atomic E-state index is 0.00926. The van der Waals surface area contributed by atoms with Crippen molar-refractivity contribution in [2.45, 2.75) is 32.1 Å². The third kappa shape index (κ3) is 2.96. The molecule has 0 heterocycles. The fraction of sp³-hybridized carbons (Fsp3) is 0.353. The zero-order chi connectivity index (χ0) is 14.1. The van der Waals surface area contributed by atoms with E-state index >= 15 is 0 Å². The van der Waals surface area contributed by atoms with Crippen LogP contribution in [0.5, 0.6) is 0 Å². The summed E-state index contributed by atoms with van der Waals surface area (Å²) in [5, 5.41) is 6.05. The SMILES string of the molecule is CC(=O)NCCc1cc(Cl)cc2ccc(C3CC3)cc12. The van der Waals surface area contributed by atoms with Crippen molar-refractivity contribution in [1.29, 1.82) is 0 Å². The Balaban J connectivity index is 1.94. The molecule has 1 aliphatic carbocycles. The highest BCUT2D eigenvalue weighted by atomic mass is 35.5. The van der Waals surface area contributed by atoms with Gasteiger partial charge in [-0.1, -0.05) is 29.8 Å². The third-order valence-corrected chi connectivity index (χ3v) is 4.06. The smallest absolute Gasteiger partial charge is 0.216 e. The molecule has 20 heavy (non-hydrogen) atoms. The van der Waals surface area contributed by atoms with E-state index < -0.39 is 0 Å². The first-order chi connectivity index (χ1) is 9.63. The second-order valence-corrected chi connectivity index (χ2v) is 5.99. The van der Waals surface area contributed by atoms with Crippen molar-refractivity contribution >= 4 is 28.3 Å². The number of amides is 1. The van der Waals surface area contributed by atoms with Crippen molar-refractivity contribution in [2.75, 3.05) is 6.54 Å². The molecule has 1 saturated carbocycles. The number of hydrogen-bond acceptors (Lipinski definition) is 1. The van der Waals surface area contributed by atoms with E-state index in [-0.39, 0.29) is 5.91 Å². The maximum atomic E-state index is 11.0. The molecule has 3 heteroatoms. The molecular weight excluding hydrogens is 270 g/mol. The van der Waals surface area contributed by atoms with Crippen molar-refractivity contribution in [3.05, 3.63) is 46.5 Å². The van der Waals surface area contributed by atoms with Crippen LogP contribution in [0, 0.1) is 0 Å². The molecule has 0 aromatic heterocycles. The zero-order valence-corrected chi connectivity index (χ0v) is 12.3. The van der Waals surface area contributed by atoms with Crippen LogP contribution in [0.3, 0.4) is 0 Å².